The minimum absolute atomic E-state index is 0.0466. The standard InChI is InChI=1S/C26H39N3O9/c1-8-36-23(33)20(17(4)30)11-27-14-26(7,15-28-12-21(18(5)31)24(34)37-9-2)16-29-13-22(19(6)32)25(35)38-10-3/h11-13,30-32H,8-10,14-16H2,1-7H3/b20-17-,21-18+,22-19+,27-11?,28-12?,29-13?. The zero-order valence-corrected chi connectivity index (χ0v) is 23.1. The lowest BCUT2D eigenvalue weighted by Gasteiger charge is -2.23. The Bertz CT molecular complexity index is 883. The lowest BCUT2D eigenvalue weighted by Crippen LogP contribution is -2.29. The second kappa shape index (κ2) is 17.5. The maximum absolute atomic E-state index is 12.1. The quantitative estimate of drug-likeness (QED) is 0.0928. The smallest absolute Gasteiger partial charge is 0.343 e. The van der Waals surface area contributed by atoms with Gasteiger partial charge in [-0.25, -0.2) is 14.4 Å². The van der Waals surface area contributed by atoms with Crippen LogP contribution in [0.1, 0.15) is 48.5 Å². The Kier molecular flexibility index (Phi) is 15.7. The highest BCUT2D eigenvalue weighted by molar-refractivity contribution is 6.11. The molecule has 0 spiro atoms. The first-order valence-electron chi connectivity index (χ1n) is 12.0. The average Bonchev–Trinajstić information content (AvgIpc) is 2.82. The van der Waals surface area contributed by atoms with E-state index in [2.05, 4.69) is 15.0 Å². The van der Waals surface area contributed by atoms with Crippen molar-refractivity contribution in [2.75, 3.05) is 39.5 Å². The van der Waals surface area contributed by atoms with Crippen LogP contribution in [0.15, 0.2) is 49.0 Å². The summed E-state index contributed by atoms with van der Waals surface area (Å²) in [7, 11) is 0. The van der Waals surface area contributed by atoms with Crippen LogP contribution in [0.4, 0.5) is 0 Å². The first-order chi connectivity index (χ1) is 17.8. The summed E-state index contributed by atoms with van der Waals surface area (Å²) >= 11 is 0. The van der Waals surface area contributed by atoms with Crippen LogP contribution in [-0.4, -0.2) is 91.3 Å². The van der Waals surface area contributed by atoms with Gasteiger partial charge in [0.1, 0.15) is 34.0 Å². The number of aliphatic imine (C=N–C) groups is 3. The summed E-state index contributed by atoms with van der Waals surface area (Å²) in [5, 5.41) is 29.5. The highest BCUT2D eigenvalue weighted by atomic mass is 16.5. The van der Waals surface area contributed by atoms with Gasteiger partial charge in [-0.1, -0.05) is 6.92 Å². The van der Waals surface area contributed by atoms with Gasteiger partial charge in [-0.2, -0.15) is 0 Å². The van der Waals surface area contributed by atoms with Crippen LogP contribution in [-0.2, 0) is 28.6 Å². The predicted octanol–water partition coefficient (Wildman–Crippen LogP) is 3.39. The number of esters is 3. The van der Waals surface area contributed by atoms with Crippen LogP contribution in [0.3, 0.4) is 0 Å². The number of aliphatic hydroxyl groups is 3. The lowest BCUT2D eigenvalue weighted by atomic mass is 9.91. The fourth-order valence-corrected chi connectivity index (χ4v) is 2.73. The van der Waals surface area contributed by atoms with E-state index in [0.717, 1.165) is 0 Å². The average molecular weight is 538 g/mol. The molecule has 0 aliphatic carbocycles. The van der Waals surface area contributed by atoms with Gasteiger partial charge < -0.3 is 29.5 Å². The summed E-state index contributed by atoms with van der Waals surface area (Å²) < 4.78 is 14.8. The zero-order valence-electron chi connectivity index (χ0n) is 23.1. The highest BCUT2D eigenvalue weighted by Gasteiger charge is 2.25. The number of carbonyl (C=O) groups excluding carboxylic acids is 3. The van der Waals surface area contributed by atoms with Gasteiger partial charge in [0.15, 0.2) is 0 Å². The zero-order chi connectivity index (χ0) is 29.3. The van der Waals surface area contributed by atoms with Crippen LogP contribution < -0.4 is 0 Å². The Morgan fingerprint density at radius 2 is 0.842 bits per heavy atom. The molecule has 12 heteroatoms. The van der Waals surface area contributed by atoms with Crippen molar-refractivity contribution in [2.24, 2.45) is 20.4 Å². The number of aliphatic hydroxyl groups excluding tert-OH is 3. The van der Waals surface area contributed by atoms with Gasteiger partial charge in [0, 0.05) is 43.7 Å². The number of hydrogen-bond donors (Lipinski definition) is 3. The molecule has 0 saturated carbocycles. The van der Waals surface area contributed by atoms with E-state index in [9.17, 15) is 29.7 Å². The monoisotopic (exact) mass is 537 g/mol. The van der Waals surface area contributed by atoms with Crippen molar-refractivity contribution in [3.05, 3.63) is 34.0 Å². The molecule has 38 heavy (non-hydrogen) atoms. The second-order valence-electron chi connectivity index (χ2n) is 8.38. The number of carbonyl (C=O) groups is 3. The molecule has 0 aromatic carbocycles. The van der Waals surface area contributed by atoms with E-state index in [-0.39, 0.29) is 73.5 Å². The van der Waals surface area contributed by atoms with Crippen LogP contribution >= 0.6 is 0 Å². The summed E-state index contributed by atoms with van der Waals surface area (Å²) in [6, 6.07) is 0. The van der Waals surface area contributed by atoms with E-state index in [1.165, 1.54) is 39.4 Å². The number of hydrogen-bond acceptors (Lipinski definition) is 12. The molecule has 0 aliphatic heterocycles. The molecule has 3 N–H and O–H groups in total. The molecule has 0 aromatic rings. The van der Waals surface area contributed by atoms with Crippen molar-refractivity contribution in [3.8, 4) is 0 Å². The molecule has 0 rings (SSSR count). The van der Waals surface area contributed by atoms with Crippen LogP contribution in [0.2, 0.25) is 0 Å². The summed E-state index contributed by atoms with van der Waals surface area (Å²) in [5.41, 5.74) is -1.19. The molecular formula is C26H39N3O9. The van der Waals surface area contributed by atoms with Crippen molar-refractivity contribution in [1.29, 1.82) is 0 Å². The second-order valence-corrected chi connectivity index (χ2v) is 8.38. The van der Waals surface area contributed by atoms with Gasteiger partial charge in [0.05, 0.1) is 19.8 Å². The summed E-state index contributed by atoms with van der Waals surface area (Å²) in [6.07, 6.45) is 3.55. The molecule has 0 aliphatic rings. The Labute approximate surface area is 223 Å². The number of ether oxygens (including phenoxy) is 3. The normalized spacial score (nSPS) is 15.6. The van der Waals surface area contributed by atoms with E-state index >= 15 is 0 Å². The van der Waals surface area contributed by atoms with Gasteiger partial charge in [0.2, 0.25) is 0 Å². The maximum Gasteiger partial charge on any atom is 0.343 e. The van der Waals surface area contributed by atoms with Crippen molar-refractivity contribution >= 4 is 36.6 Å². The van der Waals surface area contributed by atoms with Gasteiger partial charge in [-0.3, -0.25) is 15.0 Å². The molecule has 0 unspecified atom stereocenters. The Hall–Kier alpha value is -3.96. The Morgan fingerprint density at radius 1 is 0.605 bits per heavy atom. The van der Waals surface area contributed by atoms with Crippen molar-refractivity contribution < 1.29 is 43.9 Å². The van der Waals surface area contributed by atoms with E-state index < -0.39 is 23.3 Å². The molecule has 12 nitrogen and oxygen atoms in total. The summed E-state index contributed by atoms with van der Waals surface area (Å²) in [4.78, 5) is 49.0. The predicted molar refractivity (Wildman–Crippen MR) is 144 cm³/mol. The molecule has 0 radical (unpaired) electrons. The summed E-state index contributed by atoms with van der Waals surface area (Å²) in [6.45, 7) is 11.1. The van der Waals surface area contributed by atoms with E-state index in [0.29, 0.717) is 0 Å². The first-order valence-corrected chi connectivity index (χ1v) is 12.0. The third-order valence-corrected chi connectivity index (χ3v) is 4.74. The van der Waals surface area contributed by atoms with E-state index in [4.69, 9.17) is 14.2 Å². The van der Waals surface area contributed by atoms with Crippen LogP contribution in [0, 0.1) is 5.41 Å². The molecular weight excluding hydrogens is 498 g/mol. The van der Waals surface area contributed by atoms with Crippen molar-refractivity contribution in [1.82, 2.24) is 0 Å². The number of nitrogens with zero attached hydrogens (tertiary/aromatic N) is 3. The van der Waals surface area contributed by atoms with E-state index in [1.807, 2.05) is 0 Å². The van der Waals surface area contributed by atoms with Gasteiger partial charge >= 0.3 is 17.9 Å². The van der Waals surface area contributed by atoms with Crippen molar-refractivity contribution in [2.45, 2.75) is 48.5 Å². The minimum atomic E-state index is -0.834. The fourth-order valence-electron chi connectivity index (χ4n) is 2.73. The fraction of sp³-hybridized carbons (Fsp3) is 0.538. The van der Waals surface area contributed by atoms with Gasteiger partial charge in [-0.15, -0.1) is 0 Å². The first kappa shape index (κ1) is 34.0. The Balaban J connectivity index is 6.08. The number of allylic oxidation sites excluding steroid dienone is 3. The third-order valence-electron chi connectivity index (χ3n) is 4.74. The minimum Gasteiger partial charge on any atom is -0.512 e. The molecule has 0 aromatic heterocycles. The van der Waals surface area contributed by atoms with E-state index in [1.54, 1.807) is 27.7 Å². The van der Waals surface area contributed by atoms with Crippen LogP contribution in [0.25, 0.3) is 0 Å². The number of rotatable bonds is 15. The molecule has 0 fully saturated rings. The highest BCUT2D eigenvalue weighted by Crippen LogP contribution is 2.19. The molecule has 0 atom stereocenters. The van der Waals surface area contributed by atoms with Crippen molar-refractivity contribution in [3.63, 3.8) is 0 Å². The molecule has 0 amide bonds. The largest absolute Gasteiger partial charge is 0.512 e. The van der Waals surface area contributed by atoms with Crippen LogP contribution in [0.5, 0.6) is 0 Å². The van der Waals surface area contributed by atoms with Gasteiger partial charge in [-0.05, 0) is 41.5 Å². The molecule has 212 valence electrons. The molecule has 0 saturated heterocycles. The Morgan fingerprint density at radius 3 is 1.03 bits per heavy atom. The molecule has 0 bridgehead atoms. The van der Waals surface area contributed by atoms with Gasteiger partial charge in [0.25, 0.3) is 0 Å². The lowest BCUT2D eigenvalue weighted by molar-refractivity contribution is -0.139. The maximum atomic E-state index is 12.1. The molecule has 0 heterocycles. The summed E-state index contributed by atoms with van der Waals surface area (Å²) in [5.74, 6) is -3.02. The SMILES string of the molecule is CCOC(=O)/C(C=NCC(C)(CN=C/C(C(=O)OCC)=C(/C)O)CN=C/C(C(=O)OCC)=C(/C)O)=C(/C)O. The topological polar surface area (TPSA) is 177 Å². The third kappa shape index (κ3) is 12.3.